The van der Waals surface area contributed by atoms with Crippen LogP contribution in [-0.4, -0.2) is 70.6 Å². The van der Waals surface area contributed by atoms with Crippen molar-refractivity contribution in [2.75, 3.05) is 17.2 Å². The van der Waals surface area contributed by atoms with Crippen molar-refractivity contribution in [2.45, 2.75) is 37.1 Å². The molecule has 0 amide bonds. The zero-order valence-electron chi connectivity index (χ0n) is 14.0. The van der Waals surface area contributed by atoms with Gasteiger partial charge in [0.25, 0.3) is 0 Å². The Balaban J connectivity index is 1.64. The first kappa shape index (κ1) is 18.8. The standard InChI is InChI=1S/C15H22N6O4S/c16-8(15(24)25)1-2-26-4-7-3-9(12(23)11(7)22)21-6-20-10-13(17)18-5-19-14(10)21/h5-9,11-12,22-23H,1-4,16H2,(H,24,25)(H2,17,18,19)/t7-,8+,9-,11?,12+/m1/s1. The predicted octanol–water partition coefficient (Wildman–Crippen LogP) is -0.773. The number of carboxylic acids is 1. The minimum atomic E-state index is -1.02. The molecule has 26 heavy (non-hydrogen) atoms. The van der Waals surface area contributed by atoms with Crippen LogP contribution in [0.4, 0.5) is 5.82 Å². The number of carbonyl (C=O) groups is 1. The van der Waals surface area contributed by atoms with Crippen LogP contribution in [-0.2, 0) is 4.79 Å². The largest absolute Gasteiger partial charge is 0.480 e. The number of anilines is 1. The van der Waals surface area contributed by atoms with E-state index in [4.69, 9.17) is 16.6 Å². The van der Waals surface area contributed by atoms with Crippen LogP contribution >= 0.6 is 11.8 Å². The van der Waals surface area contributed by atoms with Gasteiger partial charge in [0.05, 0.1) is 18.5 Å². The van der Waals surface area contributed by atoms with Crippen molar-refractivity contribution < 1.29 is 20.1 Å². The Hall–Kier alpha value is -1.95. The third-order valence-electron chi connectivity index (χ3n) is 4.74. The van der Waals surface area contributed by atoms with Gasteiger partial charge in [0.1, 0.15) is 24.0 Å². The van der Waals surface area contributed by atoms with Gasteiger partial charge in [-0.15, -0.1) is 0 Å². The maximum atomic E-state index is 10.7. The van der Waals surface area contributed by atoms with Gasteiger partial charge in [-0.1, -0.05) is 0 Å². The number of nitrogens with two attached hydrogens (primary N) is 2. The molecule has 1 unspecified atom stereocenters. The molecule has 142 valence electrons. The third kappa shape index (κ3) is 3.61. The van der Waals surface area contributed by atoms with Crippen LogP contribution in [0, 0.1) is 5.92 Å². The molecule has 0 saturated heterocycles. The van der Waals surface area contributed by atoms with Crippen molar-refractivity contribution in [3.63, 3.8) is 0 Å². The second-order valence-corrected chi connectivity index (χ2v) is 7.59. The maximum Gasteiger partial charge on any atom is 0.320 e. The number of hydrogen-bond donors (Lipinski definition) is 5. The Bertz CT molecular complexity index is 787. The van der Waals surface area contributed by atoms with Crippen LogP contribution < -0.4 is 11.5 Å². The van der Waals surface area contributed by atoms with Crippen molar-refractivity contribution >= 4 is 34.7 Å². The second-order valence-electron chi connectivity index (χ2n) is 6.44. The Kier molecular flexibility index (Phi) is 5.61. The highest BCUT2D eigenvalue weighted by atomic mass is 32.2. The molecule has 0 aromatic carbocycles. The van der Waals surface area contributed by atoms with Crippen molar-refractivity contribution in [1.29, 1.82) is 0 Å². The zero-order chi connectivity index (χ0) is 18.8. The highest BCUT2D eigenvalue weighted by Gasteiger charge is 2.42. The van der Waals surface area contributed by atoms with E-state index in [9.17, 15) is 15.0 Å². The number of nitrogen functional groups attached to an aromatic ring is 1. The highest BCUT2D eigenvalue weighted by molar-refractivity contribution is 7.99. The Morgan fingerprint density at radius 2 is 2.12 bits per heavy atom. The van der Waals surface area contributed by atoms with Gasteiger partial charge in [0, 0.05) is 0 Å². The van der Waals surface area contributed by atoms with Crippen LogP contribution in [0.3, 0.4) is 0 Å². The summed E-state index contributed by atoms with van der Waals surface area (Å²) in [5.41, 5.74) is 12.3. The number of imidazole rings is 1. The summed E-state index contributed by atoms with van der Waals surface area (Å²) in [5.74, 6) is 0.302. The molecule has 5 atom stereocenters. The lowest BCUT2D eigenvalue weighted by Gasteiger charge is -2.18. The molecule has 0 aliphatic heterocycles. The molecule has 2 aromatic rings. The van der Waals surface area contributed by atoms with E-state index in [2.05, 4.69) is 15.0 Å². The fourth-order valence-electron chi connectivity index (χ4n) is 3.22. The van der Waals surface area contributed by atoms with Gasteiger partial charge >= 0.3 is 5.97 Å². The van der Waals surface area contributed by atoms with Crippen molar-refractivity contribution in [3.8, 4) is 0 Å². The van der Waals surface area contributed by atoms with Crippen LogP contribution in [0.2, 0.25) is 0 Å². The molecule has 0 bridgehead atoms. The number of aromatic nitrogens is 4. The fraction of sp³-hybridized carbons (Fsp3) is 0.600. The normalized spacial score (nSPS) is 27.0. The quantitative estimate of drug-likeness (QED) is 0.382. The third-order valence-corrected chi connectivity index (χ3v) is 5.93. The lowest BCUT2D eigenvalue weighted by molar-refractivity contribution is -0.138. The second kappa shape index (κ2) is 7.74. The zero-order valence-corrected chi connectivity index (χ0v) is 14.8. The summed E-state index contributed by atoms with van der Waals surface area (Å²) in [5, 5.41) is 29.6. The maximum absolute atomic E-state index is 10.7. The van der Waals surface area contributed by atoms with E-state index in [0.717, 1.165) is 0 Å². The van der Waals surface area contributed by atoms with Crippen LogP contribution in [0.25, 0.3) is 11.2 Å². The van der Waals surface area contributed by atoms with Gasteiger partial charge in [-0.2, -0.15) is 11.8 Å². The van der Waals surface area contributed by atoms with E-state index in [-0.39, 0.29) is 17.8 Å². The van der Waals surface area contributed by atoms with Crippen LogP contribution in [0.1, 0.15) is 18.9 Å². The average Bonchev–Trinajstić information content (AvgIpc) is 3.15. The molecular weight excluding hydrogens is 360 g/mol. The minimum absolute atomic E-state index is 0.127. The number of aliphatic carboxylic acids is 1. The lowest BCUT2D eigenvalue weighted by Crippen LogP contribution is -2.31. The predicted molar refractivity (Wildman–Crippen MR) is 96.4 cm³/mol. The first-order valence-corrected chi connectivity index (χ1v) is 9.41. The molecule has 0 spiro atoms. The van der Waals surface area contributed by atoms with E-state index in [1.54, 1.807) is 10.9 Å². The monoisotopic (exact) mass is 382 g/mol. The van der Waals surface area contributed by atoms with Gasteiger partial charge in [-0.05, 0) is 30.3 Å². The smallest absolute Gasteiger partial charge is 0.320 e. The first-order chi connectivity index (χ1) is 12.4. The van der Waals surface area contributed by atoms with Gasteiger partial charge in [0.15, 0.2) is 11.5 Å². The van der Waals surface area contributed by atoms with Crippen molar-refractivity contribution in [3.05, 3.63) is 12.7 Å². The SMILES string of the molecule is Nc1ncnc2c1ncn2[C@@H]1C[C@H](CSCC[C@H](N)C(=O)O)C(O)[C@H]1O. The van der Waals surface area contributed by atoms with E-state index in [0.29, 0.717) is 35.5 Å². The topological polar surface area (TPSA) is 173 Å². The Labute approximate surface area is 153 Å². The summed E-state index contributed by atoms with van der Waals surface area (Å²) >= 11 is 1.52. The molecule has 1 fully saturated rings. The molecule has 1 aliphatic rings. The number of hydrogen-bond acceptors (Lipinski definition) is 9. The molecule has 1 saturated carbocycles. The molecule has 10 nitrogen and oxygen atoms in total. The highest BCUT2D eigenvalue weighted by Crippen LogP contribution is 2.38. The summed E-state index contributed by atoms with van der Waals surface area (Å²) in [6, 6.07) is -1.24. The summed E-state index contributed by atoms with van der Waals surface area (Å²) in [6.07, 6.45) is 1.98. The van der Waals surface area contributed by atoms with Gasteiger partial charge in [-0.3, -0.25) is 4.79 Å². The summed E-state index contributed by atoms with van der Waals surface area (Å²) in [6.45, 7) is 0. The molecule has 3 rings (SSSR count). The van der Waals surface area contributed by atoms with Crippen molar-refractivity contribution in [1.82, 2.24) is 19.5 Å². The molecule has 0 radical (unpaired) electrons. The number of rotatable bonds is 7. The number of aliphatic hydroxyl groups is 2. The van der Waals surface area contributed by atoms with E-state index >= 15 is 0 Å². The van der Waals surface area contributed by atoms with Crippen LogP contribution in [0.15, 0.2) is 12.7 Å². The van der Waals surface area contributed by atoms with E-state index < -0.39 is 24.2 Å². The number of thioether (sulfide) groups is 1. The number of carboxylic acid groups (broad SMARTS) is 1. The molecular formula is C15H22N6O4S. The molecule has 7 N–H and O–H groups in total. The molecule has 1 aliphatic carbocycles. The summed E-state index contributed by atoms with van der Waals surface area (Å²) < 4.78 is 1.73. The minimum Gasteiger partial charge on any atom is -0.480 e. The first-order valence-electron chi connectivity index (χ1n) is 8.25. The van der Waals surface area contributed by atoms with Crippen LogP contribution in [0.5, 0.6) is 0 Å². The average molecular weight is 382 g/mol. The van der Waals surface area contributed by atoms with Gasteiger partial charge in [0.2, 0.25) is 0 Å². The van der Waals surface area contributed by atoms with Crippen molar-refractivity contribution in [2.24, 2.45) is 11.7 Å². The number of aliphatic hydroxyl groups excluding tert-OH is 2. The molecule has 11 heteroatoms. The molecule has 2 aromatic heterocycles. The Morgan fingerprint density at radius 1 is 1.35 bits per heavy atom. The lowest BCUT2D eigenvalue weighted by atomic mass is 10.1. The van der Waals surface area contributed by atoms with E-state index in [1.165, 1.54) is 18.1 Å². The Morgan fingerprint density at radius 3 is 2.85 bits per heavy atom. The van der Waals surface area contributed by atoms with Gasteiger partial charge < -0.3 is 31.4 Å². The van der Waals surface area contributed by atoms with E-state index in [1.807, 2.05) is 0 Å². The number of nitrogens with zero attached hydrogens (tertiary/aromatic N) is 4. The van der Waals surface area contributed by atoms with Gasteiger partial charge in [-0.25, -0.2) is 15.0 Å². The summed E-state index contributed by atoms with van der Waals surface area (Å²) in [4.78, 5) is 23.0. The molecule has 2 heterocycles. The number of fused-ring (bicyclic) bond motifs is 1. The summed E-state index contributed by atoms with van der Waals surface area (Å²) in [7, 11) is 0. The fourth-order valence-corrected chi connectivity index (χ4v) is 4.44.